The molecule has 1 N–H and O–H groups in total. The van der Waals surface area contributed by atoms with Crippen LogP contribution in [0.2, 0.25) is 0 Å². The van der Waals surface area contributed by atoms with Crippen LogP contribution in [0.1, 0.15) is 11.1 Å². The Labute approximate surface area is 129 Å². The normalized spacial score (nSPS) is 10.9. The Kier molecular flexibility index (Phi) is 4.84. The van der Waals surface area contributed by atoms with Crippen LogP contribution < -0.4 is 4.72 Å². The molecule has 6 heteroatoms. The third-order valence-corrected chi connectivity index (χ3v) is 4.48. The van der Waals surface area contributed by atoms with Crippen molar-refractivity contribution in [1.82, 2.24) is 0 Å². The number of para-hydroxylation sites is 1. The Bertz CT molecular complexity index is 765. The summed E-state index contributed by atoms with van der Waals surface area (Å²) in [5.41, 5.74) is 1.52. The van der Waals surface area contributed by atoms with Crippen molar-refractivity contribution in [2.45, 2.75) is 11.3 Å². The summed E-state index contributed by atoms with van der Waals surface area (Å²) in [4.78, 5) is 0.147. The number of nitrogens with zero attached hydrogens (tertiary/aromatic N) is 1. The number of halogens is 1. The first-order chi connectivity index (χ1) is 10.1. The van der Waals surface area contributed by atoms with Crippen molar-refractivity contribution >= 4 is 27.3 Å². The summed E-state index contributed by atoms with van der Waals surface area (Å²) in [6, 6.07) is 14.9. The van der Waals surface area contributed by atoms with E-state index in [1.54, 1.807) is 36.4 Å². The monoisotopic (exact) mass is 320 g/mol. The average molecular weight is 321 g/mol. The molecule has 0 aliphatic rings. The summed E-state index contributed by atoms with van der Waals surface area (Å²) >= 11 is 5.65. The number of hydrogen-bond donors (Lipinski definition) is 1. The highest BCUT2D eigenvalue weighted by Crippen LogP contribution is 2.19. The predicted molar refractivity (Wildman–Crippen MR) is 82.8 cm³/mol. The molecule has 0 atom stereocenters. The molecular formula is C15H13ClN2O2S. The van der Waals surface area contributed by atoms with Gasteiger partial charge >= 0.3 is 0 Å². The molecule has 108 valence electrons. The lowest BCUT2D eigenvalue weighted by Crippen LogP contribution is -2.13. The van der Waals surface area contributed by atoms with E-state index in [4.69, 9.17) is 16.9 Å². The van der Waals surface area contributed by atoms with Gasteiger partial charge in [0.2, 0.25) is 0 Å². The van der Waals surface area contributed by atoms with Crippen LogP contribution in [0, 0.1) is 11.3 Å². The van der Waals surface area contributed by atoms with Crippen molar-refractivity contribution in [2.24, 2.45) is 0 Å². The number of aryl methyl sites for hydroxylation is 1. The first-order valence-corrected chi connectivity index (χ1v) is 8.25. The van der Waals surface area contributed by atoms with Crippen LogP contribution in [-0.4, -0.2) is 14.3 Å². The molecule has 0 aliphatic heterocycles. The average Bonchev–Trinajstić information content (AvgIpc) is 2.48. The maximum atomic E-state index is 12.3. The lowest BCUT2D eigenvalue weighted by atomic mass is 10.2. The van der Waals surface area contributed by atoms with Gasteiger partial charge < -0.3 is 0 Å². The number of rotatable bonds is 5. The minimum absolute atomic E-state index is 0.147. The summed E-state index contributed by atoms with van der Waals surface area (Å²) in [6.45, 7) is 0. The van der Waals surface area contributed by atoms with Crippen molar-refractivity contribution in [3.63, 3.8) is 0 Å². The van der Waals surface area contributed by atoms with Gasteiger partial charge in [0, 0.05) is 5.88 Å². The fraction of sp³-hybridized carbons (Fsp3) is 0.133. The number of sulfonamides is 1. The first kappa shape index (κ1) is 15.4. The van der Waals surface area contributed by atoms with E-state index in [0.717, 1.165) is 5.56 Å². The van der Waals surface area contributed by atoms with Gasteiger partial charge in [-0.15, -0.1) is 11.6 Å². The second-order valence-electron chi connectivity index (χ2n) is 4.35. The smallest absolute Gasteiger partial charge is 0.261 e. The molecule has 4 nitrogen and oxygen atoms in total. The second kappa shape index (κ2) is 6.61. The van der Waals surface area contributed by atoms with E-state index >= 15 is 0 Å². The molecule has 0 fully saturated rings. The highest BCUT2D eigenvalue weighted by Gasteiger charge is 2.15. The Balaban J connectivity index is 2.28. The number of nitriles is 1. The fourth-order valence-electron chi connectivity index (χ4n) is 1.82. The zero-order chi connectivity index (χ0) is 15.3. The summed E-state index contributed by atoms with van der Waals surface area (Å²) in [5, 5.41) is 8.98. The summed E-state index contributed by atoms with van der Waals surface area (Å²) < 4.78 is 27.0. The Hall–Kier alpha value is -2.03. The molecule has 2 aromatic carbocycles. The van der Waals surface area contributed by atoms with Gasteiger partial charge in [0.25, 0.3) is 10.0 Å². The fourth-order valence-corrected chi connectivity index (χ4v) is 3.12. The molecule has 0 bridgehead atoms. The molecule has 0 aromatic heterocycles. The molecule has 21 heavy (non-hydrogen) atoms. The molecule has 0 unspecified atom stereocenters. The topological polar surface area (TPSA) is 70.0 Å². The van der Waals surface area contributed by atoms with E-state index in [1.165, 1.54) is 12.1 Å². The highest BCUT2D eigenvalue weighted by atomic mass is 35.5. The Morgan fingerprint density at radius 1 is 1.10 bits per heavy atom. The first-order valence-electron chi connectivity index (χ1n) is 6.23. The Morgan fingerprint density at radius 2 is 1.76 bits per heavy atom. The predicted octanol–water partition coefficient (Wildman–Crippen LogP) is 3.14. The van der Waals surface area contributed by atoms with Crippen molar-refractivity contribution in [2.75, 3.05) is 10.6 Å². The number of benzene rings is 2. The van der Waals surface area contributed by atoms with E-state index in [9.17, 15) is 8.42 Å². The Morgan fingerprint density at radius 3 is 2.38 bits per heavy atom. The second-order valence-corrected chi connectivity index (χ2v) is 6.41. The van der Waals surface area contributed by atoms with Gasteiger partial charge in [0.15, 0.2) is 0 Å². The number of anilines is 1. The van der Waals surface area contributed by atoms with Crippen LogP contribution in [0.3, 0.4) is 0 Å². The van der Waals surface area contributed by atoms with Gasteiger partial charge in [-0.05, 0) is 36.2 Å². The molecule has 0 amide bonds. The number of alkyl halides is 1. The molecule has 0 heterocycles. The van der Waals surface area contributed by atoms with Crippen LogP contribution >= 0.6 is 11.6 Å². The third kappa shape index (κ3) is 3.75. The lowest BCUT2D eigenvalue weighted by Gasteiger charge is -2.09. The molecule has 2 rings (SSSR count). The van der Waals surface area contributed by atoms with Crippen LogP contribution in [0.5, 0.6) is 0 Å². The summed E-state index contributed by atoms with van der Waals surface area (Å²) in [6.07, 6.45) is 0.687. The minimum atomic E-state index is -3.71. The molecule has 2 aromatic rings. The SMILES string of the molecule is N#Cc1ccccc1NS(=O)(=O)c1ccc(CCCl)cc1. The van der Waals surface area contributed by atoms with Gasteiger partial charge in [0.1, 0.15) is 6.07 Å². The standard InChI is InChI=1S/C15H13ClN2O2S/c16-10-9-12-5-7-14(8-6-12)21(19,20)18-15-4-2-1-3-13(15)11-17/h1-8,18H,9-10H2. The summed E-state index contributed by atoms with van der Waals surface area (Å²) in [7, 11) is -3.71. The van der Waals surface area contributed by atoms with E-state index in [0.29, 0.717) is 12.3 Å². The number of nitrogens with one attached hydrogen (secondary N) is 1. The molecular weight excluding hydrogens is 308 g/mol. The van der Waals surface area contributed by atoms with E-state index in [2.05, 4.69) is 4.72 Å². The largest absolute Gasteiger partial charge is 0.278 e. The quantitative estimate of drug-likeness (QED) is 0.860. The molecule has 0 saturated carbocycles. The maximum Gasteiger partial charge on any atom is 0.261 e. The molecule has 0 saturated heterocycles. The highest BCUT2D eigenvalue weighted by molar-refractivity contribution is 7.92. The van der Waals surface area contributed by atoms with E-state index in [-0.39, 0.29) is 16.1 Å². The van der Waals surface area contributed by atoms with E-state index < -0.39 is 10.0 Å². The van der Waals surface area contributed by atoms with Crippen LogP contribution in [0.25, 0.3) is 0 Å². The van der Waals surface area contributed by atoms with Gasteiger partial charge in [-0.25, -0.2) is 8.42 Å². The van der Waals surface area contributed by atoms with E-state index in [1.807, 2.05) is 6.07 Å². The zero-order valence-electron chi connectivity index (χ0n) is 11.1. The van der Waals surface area contributed by atoms with Crippen LogP contribution in [-0.2, 0) is 16.4 Å². The maximum absolute atomic E-state index is 12.3. The van der Waals surface area contributed by atoms with Crippen molar-refractivity contribution in [1.29, 1.82) is 5.26 Å². The van der Waals surface area contributed by atoms with Crippen molar-refractivity contribution < 1.29 is 8.42 Å². The number of hydrogen-bond acceptors (Lipinski definition) is 3. The van der Waals surface area contributed by atoms with Gasteiger partial charge in [-0.2, -0.15) is 5.26 Å². The zero-order valence-corrected chi connectivity index (χ0v) is 12.7. The molecule has 0 spiro atoms. The van der Waals surface area contributed by atoms with Gasteiger partial charge in [-0.3, -0.25) is 4.72 Å². The molecule has 0 radical (unpaired) electrons. The lowest BCUT2D eigenvalue weighted by molar-refractivity contribution is 0.601. The van der Waals surface area contributed by atoms with Crippen molar-refractivity contribution in [3.05, 3.63) is 59.7 Å². The minimum Gasteiger partial charge on any atom is -0.278 e. The van der Waals surface area contributed by atoms with Crippen LogP contribution in [0.4, 0.5) is 5.69 Å². The van der Waals surface area contributed by atoms with Gasteiger partial charge in [-0.1, -0.05) is 24.3 Å². The van der Waals surface area contributed by atoms with Crippen molar-refractivity contribution in [3.8, 4) is 6.07 Å². The van der Waals surface area contributed by atoms with Crippen LogP contribution in [0.15, 0.2) is 53.4 Å². The summed E-state index contributed by atoms with van der Waals surface area (Å²) in [5.74, 6) is 0.486. The third-order valence-electron chi connectivity index (χ3n) is 2.91. The van der Waals surface area contributed by atoms with Gasteiger partial charge in [0.05, 0.1) is 16.1 Å². The molecule has 0 aliphatic carbocycles.